The van der Waals surface area contributed by atoms with E-state index in [4.69, 9.17) is 4.43 Å². The Labute approximate surface area is 202 Å². The summed E-state index contributed by atoms with van der Waals surface area (Å²) in [4.78, 5) is 0. The summed E-state index contributed by atoms with van der Waals surface area (Å²) in [5.74, 6) is 0. The Kier molecular flexibility index (Phi) is 6.84. The second kappa shape index (κ2) is 9.38. The Morgan fingerprint density at radius 2 is 1.24 bits per heavy atom. The molecule has 180 valence electrons. The SMILES string of the molecule is CC(C)(C)[Si](OC[C@@]1(CO)[C@@H](O)c2ccccc2[C@H](O)[C@@H]1O)(c1ccccc1)c1ccccc1. The van der Waals surface area contributed by atoms with Gasteiger partial charge in [-0.05, 0) is 26.5 Å². The maximum atomic E-state index is 11.4. The maximum Gasteiger partial charge on any atom is 0.261 e. The molecule has 1 aliphatic carbocycles. The van der Waals surface area contributed by atoms with Gasteiger partial charge in [0.15, 0.2) is 0 Å². The second-order valence-corrected chi connectivity index (χ2v) is 14.6. The van der Waals surface area contributed by atoms with E-state index in [2.05, 4.69) is 45.0 Å². The van der Waals surface area contributed by atoms with Crippen LogP contribution in [0.2, 0.25) is 5.04 Å². The van der Waals surface area contributed by atoms with Crippen molar-refractivity contribution in [3.63, 3.8) is 0 Å². The van der Waals surface area contributed by atoms with Gasteiger partial charge in [-0.25, -0.2) is 0 Å². The summed E-state index contributed by atoms with van der Waals surface area (Å²) in [6.45, 7) is 5.76. The number of hydrogen-bond acceptors (Lipinski definition) is 5. The Balaban J connectivity index is 1.85. The molecule has 3 aromatic rings. The molecule has 0 saturated heterocycles. The third kappa shape index (κ3) is 3.84. The average molecular weight is 479 g/mol. The van der Waals surface area contributed by atoms with Crippen molar-refractivity contribution in [1.82, 2.24) is 0 Å². The molecular weight excluding hydrogens is 444 g/mol. The van der Waals surface area contributed by atoms with Gasteiger partial charge in [0.25, 0.3) is 8.32 Å². The molecule has 4 atom stereocenters. The standard InChI is InChI=1S/C28H34O5Si/c1-27(2,3)34(20-12-6-4-7-13-20,21-14-8-5-9-15-21)33-19-28(18-29)25(31)23-17-11-10-16-22(23)24(30)26(28)32/h4-17,24-26,29-32H,18-19H2,1-3H3/t24-,25-,26-,28-/m0/s1. The van der Waals surface area contributed by atoms with Gasteiger partial charge in [0.2, 0.25) is 0 Å². The minimum absolute atomic E-state index is 0.121. The Morgan fingerprint density at radius 1 is 0.765 bits per heavy atom. The van der Waals surface area contributed by atoms with Crippen LogP contribution in [0.25, 0.3) is 0 Å². The van der Waals surface area contributed by atoms with Crippen LogP contribution in [0.15, 0.2) is 84.9 Å². The third-order valence-corrected chi connectivity index (χ3v) is 12.3. The zero-order valence-electron chi connectivity index (χ0n) is 19.9. The first-order valence-electron chi connectivity index (χ1n) is 11.7. The molecule has 0 amide bonds. The normalized spacial score (nSPS) is 25.1. The van der Waals surface area contributed by atoms with Crippen LogP contribution in [0.1, 0.15) is 44.1 Å². The Bertz CT molecular complexity index is 1060. The first kappa shape index (κ1) is 24.8. The summed E-state index contributed by atoms with van der Waals surface area (Å²) in [5, 5.41) is 45.9. The number of rotatable bonds is 6. The minimum Gasteiger partial charge on any atom is -0.407 e. The van der Waals surface area contributed by atoms with Crippen molar-refractivity contribution >= 4 is 18.7 Å². The van der Waals surface area contributed by atoms with Gasteiger partial charge in [0.05, 0.1) is 24.2 Å². The van der Waals surface area contributed by atoms with E-state index in [0.29, 0.717) is 11.1 Å². The summed E-state index contributed by atoms with van der Waals surface area (Å²) in [6.07, 6.45) is -3.85. The highest BCUT2D eigenvalue weighted by Crippen LogP contribution is 2.49. The topological polar surface area (TPSA) is 90.2 Å². The van der Waals surface area contributed by atoms with E-state index in [1.807, 2.05) is 36.4 Å². The van der Waals surface area contributed by atoms with Crippen molar-refractivity contribution in [3.8, 4) is 0 Å². The molecule has 0 heterocycles. The minimum atomic E-state index is -2.98. The lowest BCUT2D eigenvalue weighted by atomic mass is 9.67. The van der Waals surface area contributed by atoms with E-state index in [-0.39, 0.29) is 11.6 Å². The van der Waals surface area contributed by atoms with Gasteiger partial charge in [0, 0.05) is 6.61 Å². The summed E-state index contributed by atoms with van der Waals surface area (Å²) < 4.78 is 6.95. The highest BCUT2D eigenvalue weighted by molar-refractivity contribution is 6.99. The van der Waals surface area contributed by atoms with Crippen molar-refractivity contribution in [3.05, 3.63) is 96.1 Å². The van der Waals surface area contributed by atoms with Crippen LogP contribution in [0.5, 0.6) is 0 Å². The predicted octanol–water partition coefficient (Wildman–Crippen LogP) is 2.68. The van der Waals surface area contributed by atoms with Crippen LogP contribution in [0.3, 0.4) is 0 Å². The first-order chi connectivity index (χ1) is 16.2. The molecule has 4 N–H and O–H groups in total. The second-order valence-electron chi connectivity index (χ2n) is 10.3. The average Bonchev–Trinajstić information content (AvgIpc) is 2.85. The molecule has 0 radical (unpaired) electrons. The van der Waals surface area contributed by atoms with Gasteiger partial charge in [-0.3, -0.25) is 0 Å². The molecule has 0 bridgehead atoms. The first-order valence-corrected chi connectivity index (χ1v) is 13.6. The fourth-order valence-corrected chi connectivity index (χ4v) is 10.0. The van der Waals surface area contributed by atoms with E-state index in [1.165, 1.54) is 0 Å². The maximum absolute atomic E-state index is 11.4. The molecule has 1 aliphatic rings. The molecule has 4 rings (SSSR count). The van der Waals surface area contributed by atoms with Crippen molar-refractivity contribution < 1.29 is 24.9 Å². The van der Waals surface area contributed by atoms with Gasteiger partial charge >= 0.3 is 0 Å². The molecule has 0 fully saturated rings. The molecule has 6 heteroatoms. The van der Waals surface area contributed by atoms with Crippen LogP contribution in [0.4, 0.5) is 0 Å². The van der Waals surface area contributed by atoms with Gasteiger partial charge in [-0.2, -0.15) is 0 Å². The van der Waals surface area contributed by atoms with E-state index in [0.717, 1.165) is 10.4 Å². The van der Waals surface area contributed by atoms with Gasteiger partial charge in [-0.15, -0.1) is 0 Å². The summed E-state index contributed by atoms with van der Waals surface area (Å²) in [5.41, 5.74) is -0.515. The van der Waals surface area contributed by atoms with Crippen LogP contribution in [0, 0.1) is 5.41 Å². The quantitative estimate of drug-likeness (QED) is 0.409. The number of benzene rings is 3. The molecule has 0 unspecified atom stereocenters. The highest BCUT2D eigenvalue weighted by Gasteiger charge is 2.57. The lowest BCUT2D eigenvalue weighted by Gasteiger charge is -2.50. The summed E-state index contributed by atoms with van der Waals surface area (Å²) in [6, 6.07) is 27.1. The monoisotopic (exact) mass is 478 g/mol. The van der Waals surface area contributed by atoms with Gasteiger partial charge < -0.3 is 24.9 Å². The number of hydrogen-bond donors (Lipinski definition) is 4. The molecule has 0 aromatic heterocycles. The molecule has 0 spiro atoms. The van der Waals surface area contributed by atoms with E-state index in [1.54, 1.807) is 24.3 Å². The van der Waals surface area contributed by atoms with E-state index in [9.17, 15) is 20.4 Å². The zero-order chi connectivity index (χ0) is 24.6. The molecule has 34 heavy (non-hydrogen) atoms. The molecular formula is C28H34O5Si. The lowest BCUT2D eigenvalue weighted by molar-refractivity contribution is -0.171. The fourth-order valence-electron chi connectivity index (χ4n) is 5.38. The summed E-state index contributed by atoms with van der Waals surface area (Å²) in [7, 11) is -2.98. The molecule has 0 aliphatic heterocycles. The zero-order valence-corrected chi connectivity index (χ0v) is 20.9. The Hall–Kier alpha value is -2.32. The smallest absolute Gasteiger partial charge is 0.261 e. The van der Waals surface area contributed by atoms with Gasteiger partial charge in [0.1, 0.15) is 6.10 Å². The van der Waals surface area contributed by atoms with Crippen molar-refractivity contribution in [2.75, 3.05) is 13.2 Å². The van der Waals surface area contributed by atoms with E-state index < -0.39 is 38.7 Å². The number of aliphatic hydroxyl groups excluding tert-OH is 4. The molecule has 3 aromatic carbocycles. The summed E-state index contributed by atoms with van der Waals surface area (Å²) >= 11 is 0. The van der Waals surface area contributed by atoms with Crippen molar-refractivity contribution in [1.29, 1.82) is 0 Å². The number of aliphatic hydroxyl groups is 4. The predicted molar refractivity (Wildman–Crippen MR) is 135 cm³/mol. The fraction of sp³-hybridized carbons (Fsp3) is 0.357. The van der Waals surface area contributed by atoms with Crippen molar-refractivity contribution in [2.45, 2.75) is 44.1 Å². The van der Waals surface area contributed by atoms with Crippen LogP contribution in [-0.2, 0) is 4.43 Å². The number of fused-ring (bicyclic) bond motifs is 1. The highest BCUT2D eigenvalue weighted by atomic mass is 28.4. The Morgan fingerprint density at radius 3 is 1.71 bits per heavy atom. The largest absolute Gasteiger partial charge is 0.407 e. The van der Waals surface area contributed by atoms with Crippen LogP contribution >= 0.6 is 0 Å². The van der Waals surface area contributed by atoms with Crippen LogP contribution < -0.4 is 10.4 Å². The van der Waals surface area contributed by atoms with Crippen LogP contribution in [-0.4, -0.2) is 48.1 Å². The third-order valence-electron chi connectivity index (χ3n) is 7.31. The van der Waals surface area contributed by atoms with Gasteiger partial charge in [-0.1, -0.05) is 106 Å². The molecule has 0 saturated carbocycles. The van der Waals surface area contributed by atoms with E-state index >= 15 is 0 Å². The lowest BCUT2D eigenvalue weighted by Crippen LogP contribution is -2.68. The van der Waals surface area contributed by atoms with Crippen molar-refractivity contribution in [2.24, 2.45) is 5.41 Å². The molecule has 5 nitrogen and oxygen atoms in total.